The first-order valence-electron chi connectivity index (χ1n) is 10.8. The van der Waals surface area contributed by atoms with Crippen molar-refractivity contribution in [2.45, 2.75) is 26.7 Å². The summed E-state index contributed by atoms with van der Waals surface area (Å²) >= 11 is 0. The minimum atomic E-state index is 0.293. The number of aromatic nitrogens is 3. The predicted molar refractivity (Wildman–Crippen MR) is 125 cm³/mol. The summed E-state index contributed by atoms with van der Waals surface area (Å²) in [6, 6.07) is 16.7. The lowest BCUT2D eigenvalue weighted by molar-refractivity contribution is 0.634. The van der Waals surface area contributed by atoms with E-state index in [1.807, 2.05) is 36.5 Å². The third kappa shape index (κ3) is 3.09. The quantitative estimate of drug-likeness (QED) is 0.497. The number of pyridine rings is 2. The first kappa shape index (κ1) is 19.4. The zero-order valence-corrected chi connectivity index (χ0v) is 18.2. The smallest absolute Gasteiger partial charge is 0.157 e. The summed E-state index contributed by atoms with van der Waals surface area (Å²) in [5.41, 5.74) is 5.69. The number of benzene rings is 1. The third-order valence-electron chi connectivity index (χ3n) is 6.26. The fraction of sp³-hybridized carbons (Fsp3) is 0.320. The SMILES string of the molecule is Cc1c(C(C)C)c(N2CCN(c3ccccn3)CC2)n2c(nc3ccccc32)c1C#N. The molecule has 0 unspecified atom stereocenters. The Morgan fingerprint density at radius 2 is 1.68 bits per heavy atom. The van der Waals surface area contributed by atoms with E-state index in [0.29, 0.717) is 11.5 Å². The molecule has 0 saturated carbocycles. The Labute approximate surface area is 182 Å². The van der Waals surface area contributed by atoms with Gasteiger partial charge in [-0.2, -0.15) is 5.26 Å². The van der Waals surface area contributed by atoms with E-state index in [-0.39, 0.29) is 0 Å². The molecule has 4 aromatic rings. The van der Waals surface area contributed by atoms with Crippen molar-refractivity contribution in [3.05, 3.63) is 65.4 Å². The highest BCUT2D eigenvalue weighted by molar-refractivity contribution is 5.86. The van der Waals surface area contributed by atoms with Crippen molar-refractivity contribution in [1.82, 2.24) is 14.4 Å². The van der Waals surface area contributed by atoms with Gasteiger partial charge >= 0.3 is 0 Å². The molecule has 1 aliphatic heterocycles. The number of rotatable bonds is 3. The van der Waals surface area contributed by atoms with Gasteiger partial charge in [0.2, 0.25) is 0 Å². The lowest BCUT2D eigenvalue weighted by Gasteiger charge is -2.38. The topological polar surface area (TPSA) is 60.5 Å². The zero-order valence-electron chi connectivity index (χ0n) is 18.2. The van der Waals surface area contributed by atoms with Crippen LogP contribution >= 0.6 is 0 Å². The molecule has 0 aliphatic carbocycles. The van der Waals surface area contributed by atoms with Gasteiger partial charge < -0.3 is 9.80 Å². The Kier molecular flexibility index (Phi) is 4.74. The van der Waals surface area contributed by atoms with Gasteiger partial charge in [-0.05, 0) is 42.7 Å². The molecule has 1 saturated heterocycles. The van der Waals surface area contributed by atoms with Gasteiger partial charge in [0.25, 0.3) is 0 Å². The Morgan fingerprint density at radius 3 is 2.35 bits per heavy atom. The van der Waals surface area contributed by atoms with Crippen LogP contribution in [-0.2, 0) is 0 Å². The molecule has 0 amide bonds. The van der Waals surface area contributed by atoms with Crippen LogP contribution in [0.2, 0.25) is 0 Å². The van der Waals surface area contributed by atoms with Gasteiger partial charge in [0, 0.05) is 37.9 Å². The summed E-state index contributed by atoms with van der Waals surface area (Å²) in [6.45, 7) is 10.1. The summed E-state index contributed by atoms with van der Waals surface area (Å²) in [6.07, 6.45) is 1.85. The molecule has 0 radical (unpaired) electrons. The van der Waals surface area contributed by atoms with E-state index >= 15 is 0 Å². The molecule has 1 fully saturated rings. The molecule has 4 heterocycles. The number of para-hydroxylation sites is 2. The average molecular weight is 411 g/mol. The van der Waals surface area contributed by atoms with Crippen molar-refractivity contribution in [2.24, 2.45) is 0 Å². The van der Waals surface area contributed by atoms with Crippen molar-refractivity contribution in [3.63, 3.8) is 0 Å². The standard InChI is InChI=1S/C25H26N6/c1-17(2)23-18(3)19(16-26)24-28-20-8-4-5-9-21(20)31(24)25(23)30-14-12-29(13-15-30)22-10-6-7-11-27-22/h4-11,17H,12-15H2,1-3H3. The van der Waals surface area contributed by atoms with Crippen molar-refractivity contribution >= 4 is 28.3 Å². The van der Waals surface area contributed by atoms with Crippen molar-refractivity contribution in [1.29, 1.82) is 5.26 Å². The molecule has 6 nitrogen and oxygen atoms in total. The van der Waals surface area contributed by atoms with Crippen LogP contribution in [0.4, 0.5) is 11.6 Å². The van der Waals surface area contributed by atoms with E-state index in [9.17, 15) is 5.26 Å². The maximum atomic E-state index is 9.98. The van der Waals surface area contributed by atoms with Gasteiger partial charge in [-0.1, -0.05) is 32.0 Å². The molecule has 0 bridgehead atoms. The largest absolute Gasteiger partial charge is 0.354 e. The second-order valence-corrected chi connectivity index (χ2v) is 8.43. The van der Waals surface area contributed by atoms with Crippen LogP contribution in [0.3, 0.4) is 0 Å². The summed E-state index contributed by atoms with van der Waals surface area (Å²) < 4.78 is 2.21. The Hall–Kier alpha value is -3.59. The van der Waals surface area contributed by atoms with E-state index in [1.165, 1.54) is 11.4 Å². The fourth-order valence-electron chi connectivity index (χ4n) is 4.82. The second-order valence-electron chi connectivity index (χ2n) is 8.43. The predicted octanol–water partition coefficient (Wildman–Crippen LogP) is 4.51. The van der Waals surface area contributed by atoms with Crippen molar-refractivity contribution in [3.8, 4) is 6.07 Å². The number of anilines is 2. The van der Waals surface area contributed by atoms with Crippen LogP contribution in [0.5, 0.6) is 0 Å². The van der Waals surface area contributed by atoms with Crippen LogP contribution < -0.4 is 9.80 Å². The normalized spacial score (nSPS) is 14.5. The van der Waals surface area contributed by atoms with Gasteiger partial charge in [-0.15, -0.1) is 0 Å². The van der Waals surface area contributed by atoms with Crippen molar-refractivity contribution < 1.29 is 0 Å². The number of piperazine rings is 1. The molecule has 31 heavy (non-hydrogen) atoms. The summed E-state index contributed by atoms with van der Waals surface area (Å²) in [5.74, 6) is 2.50. The van der Waals surface area contributed by atoms with Crippen LogP contribution in [-0.4, -0.2) is 40.5 Å². The van der Waals surface area contributed by atoms with Gasteiger partial charge in [0.1, 0.15) is 17.7 Å². The first-order chi connectivity index (χ1) is 15.1. The van der Waals surface area contributed by atoms with Crippen LogP contribution in [0.1, 0.15) is 36.5 Å². The molecular weight excluding hydrogens is 384 g/mol. The lowest BCUT2D eigenvalue weighted by atomic mass is 9.94. The maximum Gasteiger partial charge on any atom is 0.157 e. The molecule has 3 aromatic heterocycles. The highest BCUT2D eigenvalue weighted by Gasteiger charge is 2.28. The van der Waals surface area contributed by atoms with E-state index in [4.69, 9.17) is 4.98 Å². The third-order valence-corrected chi connectivity index (χ3v) is 6.26. The van der Waals surface area contributed by atoms with Crippen LogP contribution in [0.25, 0.3) is 16.7 Å². The molecule has 6 heteroatoms. The lowest BCUT2D eigenvalue weighted by Crippen LogP contribution is -2.47. The zero-order chi connectivity index (χ0) is 21.5. The fourth-order valence-corrected chi connectivity index (χ4v) is 4.82. The first-order valence-corrected chi connectivity index (χ1v) is 10.8. The second kappa shape index (κ2) is 7.59. The Bertz CT molecular complexity index is 1290. The van der Waals surface area contributed by atoms with Gasteiger partial charge in [-0.3, -0.25) is 4.40 Å². The average Bonchev–Trinajstić information content (AvgIpc) is 3.18. The van der Waals surface area contributed by atoms with Crippen LogP contribution in [0.15, 0.2) is 48.7 Å². The molecular formula is C25H26N6. The minimum Gasteiger partial charge on any atom is -0.354 e. The van der Waals surface area contributed by atoms with E-state index in [0.717, 1.165) is 54.2 Å². The highest BCUT2D eigenvalue weighted by atomic mass is 15.3. The van der Waals surface area contributed by atoms with Gasteiger partial charge in [-0.25, -0.2) is 9.97 Å². The molecule has 0 atom stereocenters. The van der Waals surface area contributed by atoms with E-state index in [2.05, 4.69) is 58.2 Å². The Balaban J connectivity index is 1.68. The molecule has 156 valence electrons. The molecule has 5 rings (SSSR count). The maximum absolute atomic E-state index is 9.98. The summed E-state index contributed by atoms with van der Waals surface area (Å²) in [7, 11) is 0. The van der Waals surface area contributed by atoms with E-state index in [1.54, 1.807) is 0 Å². The number of imidazole rings is 1. The number of hydrogen-bond acceptors (Lipinski definition) is 5. The van der Waals surface area contributed by atoms with E-state index < -0.39 is 0 Å². The summed E-state index contributed by atoms with van der Waals surface area (Å²) in [4.78, 5) is 14.2. The molecule has 1 aliphatic rings. The van der Waals surface area contributed by atoms with Crippen molar-refractivity contribution in [2.75, 3.05) is 36.0 Å². The summed E-state index contributed by atoms with van der Waals surface area (Å²) in [5, 5.41) is 9.98. The van der Waals surface area contributed by atoms with Gasteiger partial charge in [0.05, 0.1) is 16.6 Å². The molecule has 0 N–H and O–H groups in total. The highest BCUT2D eigenvalue weighted by Crippen LogP contribution is 2.37. The van der Waals surface area contributed by atoms with Gasteiger partial charge in [0.15, 0.2) is 5.65 Å². The monoisotopic (exact) mass is 410 g/mol. The van der Waals surface area contributed by atoms with Crippen LogP contribution in [0, 0.1) is 18.3 Å². The minimum absolute atomic E-state index is 0.293. The molecule has 0 spiro atoms. The number of fused-ring (bicyclic) bond motifs is 3. The number of nitrogens with zero attached hydrogens (tertiary/aromatic N) is 6. The Morgan fingerprint density at radius 1 is 0.968 bits per heavy atom. The molecule has 1 aromatic carbocycles. The number of hydrogen-bond donors (Lipinski definition) is 0. The number of nitriles is 1.